The molecule has 3 atom stereocenters. The standard InChI is InChI=1S/C14H27N3O/c1-11(12-5-4-8-16(2)9-12)15-13-6-7-14(18)17(3)10-13/h11-13,15H,4-10H2,1-3H3. The molecule has 0 saturated carbocycles. The first-order valence-corrected chi connectivity index (χ1v) is 7.25. The van der Waals surface area contributed by atoms with Crippen LogP contribution in [-0.2, 0) is 4.79 Å². The quantitative estimate of drug-likeness (QED) is 0.812. The molecule has 18 heavy (non-hydrogen) atoms. The van der Waals surface area contributed by atoms with E-state index in [1.165, 1.54) is 25.9 Å². The molecule has 0 aromatic carbocycles. The van der Waals surface area contributed by atoms with Crippen molar-refractivity contribution in [3.05, 3.63) is 0 Å². The molecule has 0 bridgehead atoms. The average Bonchev–Trinajstić information content (AvgIpc) is 2.34. The van der Waals surface area contributed by atoms with Crippen LogP contribution in [0.15, 0.2) is 0 Å². The minimum absolute atomic E-state index is 0.290. The number of likely N-dealkylation sites (tertiary alicyclic amines) is 2. The van der Waals surface area contributed by atoms with Gasteiger partial charge in [0.05, 0.1) is 0 Å². The fourth-order valence-corrected chi connectivity index (χ4v) is 3.27. The van der Waals surface area contributed by atoms with Gasteiger partial charge in [0, 0.05) is 38.6 Å². The number of rotatable bonds is 3. The number of nitrogens with one attached hydrogen (secondary N) is 1. The lowest BCUT2D eigenvalue weighted by Crippen LogP contribution is -2.52. The minimum atomic E-state index is 0.290. The second-order valence-electron chi connectivity index (χ2n) is 6.13. The van der Waals surface area contributed by atoms with E-state index < -0.39 is 0 Å². The van der Waals surface area contributed by atoms with Gasteiger partial charge < -0.3 is 15.1 Å². The fraction of sp³-hybridized carbons (Fsp3) is 0.929. The summed E-state index contributed by atoms with van der Waals surface area (Å²) in [5, 5.41) is 3.74. The van der Waals surface area contributed by atoms with Gasteiger partial charge in [-0.15, -0.1) is 0 Å². The summed E-state index contributed by atoms with van der Waals surface area (Å²) in [6, 6.07) is 1.04. The molecule has 2 fully saturated rings. The number of amides is 1. The summed E-state index contributed by atoms with van der Waals surface area (Å²) in [5.74, 6) is 1.05. The topological polar surface area (TPSA) is 35.6 Å². The first-order valence-electron chi connectivity index (χ1n) is 7.25. The molecule has 1 amide bonds. The third kappa shape index (κ3) is 3.45. The molecule has 4 nitrogen and oxygen atoms in total. The summed E-state index contributed by atoms with van der Waals surface area (Å²) >= 11 is 0. The molecule has 0 aromatic rings. The van der Waals surface area contributed by atoms with Gasteiger partial charge in [-0.25, -0.2) is 0 Å². The van der Waals surface area contributed by atoms with Crippen LogP contribution < -0.4 is 5.32 Å². The van der Waals surface area contributed by atoms with Crippen LogP contribution in [0.4, 0.5) is 0 Å². The number of likely N-dealkylation sites (N-methyl/N-ethyl adjacent to an activating group) is 1. The number of hydrogen-bond donors (Lipinski definition) is 1. The van der Waals surface area contributed by atoms with Crippen molar-refractivity contribution in [3.8, 4) is 0 Å². The van der Waals surface area contributed by atoms with Crippen molar-refractivity contribution in [2.45, 2.75) is 44.7 Å². The lowest BCUT2D eigenvalue weighted by Gasteiger charge is -2.38. The van der Waals surface area contributed by atoms with Gasteiger partial charge in [0.2, 0.25) is 5.91 Å². The molecule has 3 unspecified atom stereocenters. The Morgan fingerprint density at radius 2 is 2.06 bits per heavy atom. The van der Waals surface area contributed by atoms with Crippen molar-refractivity contribution < 1.29 is 4.79 Å². The summed E-state index contributed by atoms with van der Waals surface area (Å²) in [6.07, 6.45) is 4.35. The van der Waals surface area contributed by atoms with Crippen molar-refractivity contribution >= 4 is 5.91 Å². The SMILES string of the molecule is CC(NC1CCC(=O)N(C)C1)C1CCCN(C)C1. The number of hydrogen-bond acceptors (Lipinski definition) is 3. The van der Waals surface area contributed by atoms with Gasteiger partial charge in [0.15, 0.2) is 0 Å². The van der Waals surface area contributed by atoms with Crippen molar-refractivity contribution in [2.24, 2.45) is 5.92 Å². The fourth-order valence-electron chi connectivity index (χ4n) is 3.27. The molecule has 0 aliphatic carbocycles. The predicted molar refractivity (Wildman–Crippen MR) is 73.5 cm³/mol. The molecule has 2 aliphatic heterocycles. The van der Waals surface area contributed by atoms with E-state index in [0.717, 1.165) is 18.9 Å². The Morgan fingerprint density at radius 3 is 2.72 bits per heavy atom. The lowest BCUT2D eigenvalue weighted by molar-refractivity contribution is -0.132. The van der Waals surface area contributed by atoms with Gasteiger partial charge in [-0.05, 0) is 45.7 Å². The van der Waals surface area contributed by atoms with Crippen LogP contribution in [0.3, 0.4) is 0 Å². The van der Waals surface area contributed by atoms with Gasteiger partial charge in [-0.1, -0.05) is 0 Å². The van der Waals surface area contributed by atoms with Crippen LogP contribution in [0, 0.1) is 5.92 Å². The smallest absolute Gasteiger partial charge is 0.222 e. The molecule has 2 saturated heterocycles. The maximum absolute atomic E-state index is 11.5. The zero-order valence-electron chi connectivity index (χ0n) is 12.0. The summed E-state index contributed by atoms with van der Waals surface area (Å²) in [6.45, 7) is 5.62. The Labute approximate surface area is 111 Å². The first-order chi connectivity index (χ1) is 8.56. The lowest BCUT2D eigenvalue weighted by atomic mass is 9.90. The highest BCUT2D eigenvalue weighted by Gasteiger charge is 2.27. The molecule has 2 aliphatic rings. The van der Waals surface area contributed by atoms with Crippen LogP contribution in [0.5, 0.6) is 0 Å². The van der Waals surface area contributed by atoms with Crippen LogP contribution in [0.1, 0.15) is 32.6 Å². The summed E-state index contributed by atoms with van der Waals surface area (Å²) in [7, 11) is 4.13. The molecule has 104 valence electrons. The summed E-state index contributed by atoms with van der Waals surface area (Å²) in [4.78, 5) is 15.8. The first kappa shape index (κ1) is 13.8. The van der Waals surface area contributed by atoms with Crippen LogP contribution in [0.25, 0.3) is 0 Å². The number of carbonyl (C=O) groups excluding carboxylic acids is 1. The van der Waals surface area contributed by atoms with Crippen LogP contribution in [-0.4, -0.2) is 61.5 Å². The third-order valence-electron chi connectivity index (χ3n) is 4.49. The van der Waals surface area contributed by atoms with E-state index in [1.54, 1.807) is 0 Å². The number of carbonyl (C=O) groups is 1. The molecule has 4 heteroatoms. The highest BCUT2D eigenvalue weighted by Crippen LogP contribution is 2.20. The Morgan fingerprint density at radius 1 is 1.28 bits per heavy atom. The number of piperidine rings is 2. The van der Waals surface area contributed by atoms with Gasteiger partial charge >= 0.3 is 0 Å². The average molecular weight is 253 g/mol. The number of nitrogens with zero attached hydrogens (tertiary/aromatic N) is 2. The largest absolute Gasteiger partial charge is 0.344 e. The molecule has 0 radical (unpaired) electrons. The maximum Gasteiger partial charge on any atom is 0.222 e. The molecular formula is C14H27N3O. The molecule has 2 rings (SSSR count). The third-order valence-corrected chi connectivity index (χ3v) is 4.49. The predicted octanol–water partition coefficient (Wildman–Crippen LogP) is 0.927. The van der Waals surface area contributed by atoms with E-state index in [4.69, 9.17) is 0 Å². The maximum atomic E-state index is 11.5. The monoisotopic (exact) mass is 253 g/mol. The van der Waals surface area contributed by atoms with Crippen molar-refractivity contribution in [2.75, 3.05) is 33.7 Å². The van der Waals surface area contributed by atoms with Gasteiger partial charge in [0.1, 0.15) is 0 Å². The molecular weight excluding hydrogens is 226 g/mol. The van der Waals surface area contributed by atoms with Crippen LogP contribution >= 0.6 is 0 Å². The highest BCUT2D eigenvalue weighted by molar-refractivity contribution is 5.76. The second kappa shape index (κ2) is 6.02. The van der Waals surface area contributed by atoms with Gasteiger partial charge in [-0.3, -0.25) is 4.79 Å². The molecule has 0 spiro atoms. The van der Waals surface area contributed by atoms with E-state index in [2.05, 4.69) is 24.2 Å². The zero-order valence-corrected chi connectivity index (χ0v) is 12.0. The Bertz CT molecular complexity index is 295. The van der Waals surface area contributed by atoms with Crippen LogP contribution in [0.2, 0.25) is 0 Å². The van der Waals surface area contributed by atoms with Gasteiger partial charge in [-0.2, -0.15) is 0 Å². The molecule has 0 aromatic heterocycles. The van der Waals surface area contributed by atoms with E-state index in [9.17, 15) is 4.79 Å². The van der Waals surface area contributed by atoms with E-state index in [0.29, 0.717) is 18.5 Å². The Hall–Kier alpha value is -0.610. The van der Waals surface area contributed by atoms with Crippen molar-refractivity contribution in [3.63, 3.8) is 0 Å². The van der Waals surface area contributed by atoms with Crippen molar-refractivity contribution in [1.82, 2.24) is 15.1 Å². The van der Waals surface area contributed by atoms with Gasteiger partial charge in [0.25, 0.3) is 0 Å². The second-order valence-corrected chi connectivity index (χ2v) is 6.13. The minimum Gasteiger partial charge on any atom is -0.344 e. The zero-order chi connectivity index (χ0) is 13.1. The van der Waals surface area contributed by atoms with E-state index >= 15 is 0 Å². The normalized spacial score (nSPS) is 32.6. The van der Waals surface area contributed by atoms with E-state index in [-0.39, 0.29) is 5.91 Å². The summed E-state index contributed by atoms with van der Waals surface area (Å²) < 4.78 is 0. The molecule has 2 heterocycles. The Kier molecular flexibility index (Phi) is 4.62. The molecule has 1 N–H and O–H groups in total. The highest BCUT2D eigenvalue weighted by atomic mass is 16.2. The Balaban J connectivity index is 1.80. The van der Waals surface area contributed by atoms with Crippen molar-refractivity contribution in [1.29, 1.82) is 0 Å². The summed E-state index contributed by atoms with van der Waals surface area (Å²) in [5.41, 5.74) is 0. The van der Waals surface area contributed by atoms with E-state index in [1.807, 2.05) is 11.9 Å².